The van der Waals surface area contributed by atoms with E-state index in [0.717, 1.165) is 11.3 Å². The van der Waals surface area contributed by atoms with Crippen LogP contribution in [0.3, 0.4) is 0 Å². The number of ketones is 1. The van der Waals surface area contributed by atoms with Crippen LogP contribution >= 0.6 is 0 Å². The molecule has 27 heavy (non-hydrogen) atoms. The molecule has 2 amide bonds. The van der Waals surface area contributed by atoms with Gasteiger partial charge in [0.2, 0.25) is 11.8 Å². The van der Waals surface area contributed by atoms with E-state index in [1.165, 1.54) is 0 Å². The fourth-order valence-corrected chi connectivity index (χ4v) is 5.20. The number of nitrogens with zero attached hydrogens (tertiary/aromatic N) is 1. The standard InChI is InChI=1S/C21H19NO5/c23-16(11-4-2-1-3-5-11)10-27-17(24)9-22-20(25)18-12-6-7-13(15-8-14(12)15)19(18)21(22)26/h1-7,12-15,18-19H,8-10H2/t12-,13-,14-,15+,18+,19+/m0/s1. The SMILES string of the molecule is O=C(CN1C(=O)[C@@H]2[C@H]3C=C[C@@H]([C@@H]4C[C@H]34)[C@H]2C1=O)OCC(=O)c1ccccc1. The number of ether oxygens (including phenoxy) is 1. The lowest BCUT2D eigenvalue weighted by Gasteiger charge is -2.37. The Bertz CT molecular complexity index is 840. The minimum atomic E-state index is -0.731. The van der Waals surface area contributed by atoms with E-state index in [1.54, 1.807) is 30.3 Å². The Morgan fingerprint density at radius 1 is 0.963 bits per heavy atom. The first-order chi connectivity index (χ1) is 13.1. The zero-order valence-electron chi connectivity index (χ0n) is 14.6. The zero-order valence-corrected chi connectivity index (χ0v) is 14.6. The van der Waals surface area contributed by atoms with Crippen LogP contribution in [0.4, 0.5) is 0 Å². The van der Waals surface area contributed by atoms with Gasteiger partial charge in [0.25, 0.3) is 0 Å². The monoisotopic (exact) mass is 365 g/mol. The van der Waals surface area contributed by atoms with Gasteiger partial charge in [0.1, 0.15) is 6.54 Å². The highest BCUT2D eigenvalue weighted by Gasteiger charge is 2.67. The van der Waals surface area contributed by atoms with E-state index >= 15 is 0 Å². The zero-order chi connectivity index (χ0) is 18.7. The highest BCUT2D eigenvalue weighted by Crippen LogP contribution is 2.65. The highest BCUT2D eigenvalue weighted by atomic mass is 16.5. The van der Waals surface area contributed by atoms with Crippen LogP contribution in [-0.2, 0) is 19.1 Å². The van der Waals surface area contributed by atoms with E-state index in [9.17, 15) is 19.2 Å². The first kappa shape index (κ1) is 16.4. The number of imide groups is 1. The Labute approximate surface area is 156 Å². The van der Waals surface area contributed by atoms with Crippen molar-refractivity contribution in [1.82, 2.24) is 4.90 Å². The molecule has 5 aliphatic rings. The second kappa shape index (κ2) is 5.87. The van der Waals surface area contributed by atoms with E-state index in [2.05, 4.69) is 12.2 Å². The van der Waals surface area contributed by atoms with E-state index in [0.29, 0.717) is 17.4 Å². The van der Waals surface area contributed by atoms with Gasteiger partial charge in [-0.1, -0.05) is 42.5 Å². The fraction of sp³-hybridized carbons (Fsp3) is 0.429. The van der Waals surface area contributed by atoms with Crippen molar-refractivity contribution in [1.29, 1.82) is 0 Å². The molecule has 1 saturated heterocycles. The quantitative estimate of drug-likeness (QED) is 0.342. The summed E-state index contributed by atoms with van der Waals surface area (Å²) in [5, 5.41) is 0. The van der Waals surface area contributed by atoms with Crippen LogP contribution in [-0.4, -0.2) is 41.6 Å². The van der Waals surface area contributed by atoms with Gasteiger partial charge in [-0.25, -0.2) is 0 Å². The predicted molar refractivity (Wildman–Crippen MR) is 93.1 cm³/mol. The molecule has 1 aromatic carbocycles. The van der Waals surface area contributed by atoms with Crippen molar-refractivity contribution in [3.8, 4) is 0 Å². The molecule has 6 rings (SSSR count). The molecule has 6 atom stereocenters. The number of hydrogen-bond donors (Lipinski definition) is 0. The largest absolute Gasteiger partial charge is 0.456 e. The van der Waals surface area contributed by atoms with Gasteiger partial charge in [-0.15, -0.1) is 0 Å². The van der Waals surface area contributed by atoms with Crippen LogP contribution in [0.2, 0.25) is 0 Å². The summed E-state index contributed by atoms with van der Waals surface area (Å²) < 4.78 is 5.02. The maximum atomic E-state index is 12.8. The Morgan fingerprint density at radius 2 is 1.56 bits per heavy atom. The molecule has 138 valence electrons. The molecule has 6 heteroatoms. The third-order valence-electron chi connectivity index (χ3n) is 6.50. The van der Waals surface area contributed by atoms with Gasteiger partial charge in [-0.2, -0.15) is 0 Å². The number of amides is 2. The van der Waals surface area contributed by atoms with Crippen LogP contribution < -0.4 is 0 Å². The Balaban J connectivity index is 1.23. The molecule has 0 radical (unpaired) electrons. The molecular weight excluding hydrogens is 346 g/mol. The van der Waals surface area contributed by atoms with Crippen LogP contribution in [0.15, 0.2) is 42.5 Å². The fourth-order valence-electron chi connectivity index (χ4n) is 5.20. The van der Waals surface area contributed by atoms with Crippen LogP contribution in [0.25, 0.3) is 0 Å². The van der Waals surface area contributed by atoms with E-state index < -0.39 is 19.1 Å². The van der Waals surface area contributed by atoms with Gasteiger partial charge in [-0.05, 0) is 30.1 Å². The first-order valence-corrected chi connectivity index (χ1v) is 9.33. The number of rotatable bonds is 5. The molecule has 2 bridgehead atoms. The molecule has 0 unspecified atom stereocenters. The predicted octanol–water partition coefficient (Wildman–Crippen LogP) is 1.47. The molecule has 6 nitrogen and oxygen atoms in total. The van der Waals surface area contributed by atoms with E-state index in [1.807, 2.05) is 0 Å². The van der Waals surface area contributed by atoms with Gasteiger partial charge in [0.15, 0.2) is 12.4 Å². The van der Waals surface area contributed by atoms with Crippen molar-refractivity contribution in [2.45, 2.75) is 6.42 Å². The topological polar surface area (TPSA) is 80.8 Å². The summed E-state index contributed by atoms with van der Waals surface area (Å²) in [4.78, 5) is 50.8. The van der Waals surface area contributed by atoms with Crippen LogP contribution in [0.1, 0.15) is 16.8 Å². The second-order valence-electron chi connectivity index (χ2n) is 7.87. The summed E-state index contributed by atoms with van der Waals surface area (Å²) in [7, 11) is 0. The Hall–Kier alpha value is -2.76. The summed E-state index contributed by atoms with van der Waals surface area (Å²) >= 11 is 0. The molecule has 4 aliphatic carbocycles. The lowest BCUT2D eigenvalue weighted by molar-refractivity contribution is -0.152. The number of Topliss-reactive ketones (excluding diaryl/α,β-unsaturated/α-hetero) is 1. The van der Waals surface area contributed by atoms with Gasteiger partial charge in [0.05, 0.1) is 11.8 Å². The highest BCUT2D eigenvalue weighted by molar-refractivity contribution is 6.08. The molecule has 1 aromatic rings. The molecule has 0 aromatic heterocycles. The summed E-state index contributed by atoms with van der Waals surface area (Å²) in [6.07, 6.45) is 5.27. The molecular formula is C21H19NO5. The minimum Gasteiger partial charge on any atom is -0.456 e. The number of esters is 1. The molecule has 1 heterocycles. The smallest absolute Gasteiger partial charge is 0.326 e. The summed E-state index contributed by atoms with van der Waals surface area (Å²) in [5.74, 6) is -0.928. The summed E-state index contributed by atoms with van der Waals surface area (Å²) in [6, 6.07) is 8.53. The van der Waals surface area contributed by atoms with Gasteiger partial charge in [0, 0.05) is 5.56 Å². The second-order valence-corrected chi connectivity index (χ2v) is 7.87. The van der Waals surface area contributed by atoms with Crippen LogP contribution in [0, 0.1) is 35.5 Å². The average molecular weight is 365 g/mol. The lowest BCUT2D eigenvalue weighted by atomic mass is 9.63. The maximum Gasteiger partial charge on any atom is 0.326 e. The minimum absolute atomic E-state index is 0.127. The van der Waals surface area contributed by atoms with E-state index in [-0.39, 0.29) is 41.3 Å². The number of likely N-dealkylation sites (tertiary alicyclic amines) is 1. The van der Waals surface area contributed by atoms with Crippen molar-refractivity contribution in [2.24, 2.45) is 35.5 Å². The van der Waals surface area contributed by atoms with Crippen LogP contribution in [0.5, 0.6) is 0 Å². The van der Waals surface area contributed by atoms with Crippen molar-refractivity contribution >= 4 is 23.6 Å². The molecule has 0 spiro atoms. The number of carbonyl (C=O) groups is 4. The van der Waals surface area contributed by atoms with Crippen molar-refractivity contribution in [2.75, 3.05) is 13.2 Å². The number of allylic oxidation sites excluding steroid dienone is 2. The molecule has 0 N–H and O–H groups in total. The number of benzene rings is 1. The Kier molecular flexibility index (Phi) is 3.57. The molecule has 3 fully saturated rings. The molecule has 2 saturated carbocycles. The normalized spacial score (nSPS) is 35.0. The van der Waals surface area contributed by atoms with E-state index in [4.69, 9.17) is 4.74 Å². The number of carbonyl (C=O) groups excluding carboxylic acids is 4. The average Bonchev–Trinajstić information content (AvgIpc) is 3.48. The number of hydrogen-bond acceptors (Lipinski definition) is 5. The van der Waals surface area contributed by atoms with Gasteiger partial charge < -0.3 is 4.74 Å². The third kappa shape index (κ3) is 2.46. The van der Waals surface area contributed by atoms with Gasteiger partial charge in [-0.3, -0.25) is 24.1 Å². The maximum absolute atomic E-state index is 12.8. The van der Waals surface area contributed by atoms with Crippen molar-refractivity contribution < 1.29 is 23.9 Å². The summed E-state index contributed by atoms with van der Waals surface area (Å²) in [5.41, 5.74) is 0.450. The molecule has 1 aliphatic heterocycles. The lowest BCUT2D eigenvalue weighted by Crippen LogP contribution is -2.40. The van der Waals surface area contributed by atoms with Crippen molar-refractivity contribution in [3.63, 3.8) is 0 Å². The van der Waals surface area contributed by atoms with Crippen molar-refractivity contribution in [3.05, 3.63) is 48.0 Å². The summed E-state index contributed by atoms with van der Waals surface area (Å²) in [6.45, 7) is -0.815. The third-order valence-corrected chi connectivity index (χ3v) is 6.50. The Morgan fingerprint density at radius 3 is 2.15 bits per heavy atom. The van der Waals surface area contributed by atoms with Gasteiger partial charge >= 0.3 is 5.97 Å². The first-order valence-electron chi connectivity index (χ1n) is 9.33.